The van der Waals surface area contributed by atoms with E-state index >= 15 is 0 Å². The van der Waals surface area contributed by atoms with E-state index in [4.69, 9.17) is 4.74 Å². The van der Waals surface area contributed by atoms with Crippen molar-refractivity contribution in [2.75, 3.05) is 26.7 Å². The third-order valence-corrected chi connectivity index (χ3v) is 8.01. The number of rotatable bonds is 9. The van der Waals surface area contributed by atoms with Crippen LogP contribution in [0.1, 0.15) is 43.6 Å². The minimum absolute atomic E-state index is 0.0633. The number of phenols is 1. The summed E-state index contributed by atoms with van der Waals surface area (Å²) in [6.45, 7) is 6.87. The molecule has 1 unspecified atom stereocenters. The molecule has 2 N–H and O–H groups in total. The first-order chi connectivity index (χ1) is 16.3. The molecular formula is C26H35N3O4S. The SMILES string of the molecule is COc1cccc(CN2CCC(C3(CC(C)C)NC(=O)N(CCc4cccs4)C3=O)CC2)c1O. The molecule has 3 heterocycles. The molecule has 1 aromatic heterocycles. The third-order valence-electron chi connectivity index (χ3n) is 7.07. The standard InChI is InChI=1S/C26H35N3O4S/c1-18(2)16-26(24(31)29(25(32)27-26)14-11-21-7-5-15-34-21)20-9-12-28(13-10-20)17-19-6-4-8-22(33-3)23(19)30/h4-8,15,18,20,30H,9-14,16-17H2,1-3H3,(H,27,32). The average molecular weight is 486 g/mol. The summed E-state index contributed by atoms with van der Waals surface area (Å²) in [5.41, 5.74) is 0.00457. The number of hydrogen-bond donors (Lipinski definition) is 2. The zero-order valence-electron chi connectivity index (χ0n) is 20.3. The first-order valence-corrected chi connectivity index (χ1v) is 13.0. The largest absolute Gasteiger partial charge is 0.504 e. The van der Waals surface area contributed by atoms with Gasteiger partial charge >= 0.3 is 6.03 Å². The van der Waals surface area contributed by atoms with Gasteiger partial charge in [0.05, 0.1) is 7.11 Å². The number of thiophene rings is 1. The number of imide groups is 1. The highest BCUT2D eigenvalue weighted by molar-refractivity contribution is 7.09. The second kappa shape index (κ2) is 10.4. The first kappa shape index (κ1) is 24.5. The number of nitrogens with zero attached hydrogens (tertiary/aromatic N) is 2. The molecule has 4 rings (SSSR count). The van der Waals surface area contributed by atoms with Crippen molar-refractivity contribution in [3.05, 3.63) is 46.2 Å². The van der Waals surface area contributed by atoms with E-state index in [1.807, 2.05) is 29.6 Å². The Labute approximate surface area is 205 Å². The molecule has 7 nitrogen and oxygen atoms in total. The molecule has 2 aliphatic rings. The summed E-state index contributed by atoms with van der Waals surface area (Å²) in [7, 11) is 1.55. The van der Waals surface area contributed by atoms with E-state index in [1.54, 1.807) is 24.5 Å². The van der Waals surface area contributed by atoms with Crippen LogP contribution >= 0.6 is 11.3 Å². The minimum atomic E-state index is -0.828. The second-order valence-electron chi connectivity index (χ2n) is 9.80. The summed E-state index contributed by atoms with van der Waals surface area (Å²) >= 11 is 1.65. The van der Waals surface area contributed by atoms with E-state index in [1.165, 1.54) is 9.78 Å². The number of phenolic OH excluding ortho intramolecular Hbond substituents is 1. The number of carbonyl (C=O) groups excluding carboxylic acids is 2. The first-order valence-electron chi connectivity index (χ1n) is 12.1. The molecule has 8 heteroatoms. The highest BCUT2D eigenvalue weighted by Crippen LogP contribution is 2.39. The lowest BCUT2D eigenvalue weighted by molar-refractivity contribution is -0.134. The van der Waals surface area contributed by atoms with Crippen LogP contribution in [0.4, 0.5) is 4.79 Å². The maximum absolute atomic E-state index is 13.7. The molecule has 0 aliphatic carbocycles. The Morgan fingerprint density at radius 3 is 2.62 bits per heavy atom. The van der Waals surface area contributed by atoms with Gasteiger partial charge in [-0.25, -0.2) is 4.79 Å². The monoisotopic (exact) mass is 485 g/mol. The number of nitrogens with one attached hydrogen (secondary N) is 1. The number of carbonyl (C=O) groups is 2. The van der Waals surface area contributed by atoms with E-state index in [0.717, 1.165) is 31.5 Å². The van der Waals surface area contributed by atoms with Gasteiger partial charge in [0.15, 0.2) is 11.5 Å². The molecule has 1 atom stereocenters. The molecule has 2 saturated heterocycles. The predicted octanol–water partition coefficient (Wildman–Crippen LogP) is 4.25. The van der Waals surface area contributed by atoms with Crippen molar-refractivity contribution in [1.29, 1.82) is 0 Å². The maximum Gasteiger partial charge on any atom is 0.325 e. The molecule has 1 aromatic carbocycles. The van der Waals surface area contributed by atoms with Gasteiger partial charge in [-0.05, 0) is 68.1 Å². The summed E-state index contributed by atoms with van der Waals surface area (Å²) in [6, 6.07) is 9.32. The molecule has 0 spiro atoms. The molecular weight excluding hydrogens is 450 g/mol. The number of piperidine rings is 1. The summed E-state index contributed by atoms with van der Waals surface area (Å²) in [4.78, 5) is 31.5. The number of methoxy groups -OCH3 is 1. The van der Waals surface area contributed by atoms with Crippen LogP contribution in [0.5, 0.6) is 11.5 Å². The molecule has 2 aromatic rings. The molecule has 34 heavy (non-hydrogen) atoms. The predicted molar refractivity (Wildman–Crippen MR) is 133 cm³/mol. The summed E-state index contributed by atoms with van der Waals surface area (Å²) in [6.07, 6.45) is 2.98. The average Bonchev–Trinajstić information content (AvgIpc) is 3.41. The van der Waals surface area contributed by atoms with Crippen LogP contribution in [0.25, 0.3) is 0 Å². The van der Waals surface area contributed by atoms with E-state index in [-0.39, 0.29) is 29.5 Å². The lowest BCUT2D eigenvalue weighted by atomic mass is 9.73. The summed E-state index contributed by atoms with van der Waals surface area (Å²) in [5, 5.41) is 15.6. The zero-order chi connectivity index (χ0) is 24.3. The van der Waals surface area contributed by atoms with Crippen molar-refractivity contribution < 1.29 is 19.4 Å². The highest BCUT2D eigenvalue weighted by Gasteiger charge is 2.55. The van der Waals surface area contributed by atoms with Crippen molar-refractivity contribution in [2.45, 2.75) is 51.6 Å². The third kappa shape index (κ3) is 4.93. The zero-order valence-corrected chi connectivity index (χ0v) is 21.1. The van der Waals surface area contributed by atoms with Crippen molar-refractivity contribution in [1.82, 2.24) is 15.1 Å². The Hall–Kier alpha value is -2.58. The van der Waals surface area contributed by atoms with Gasteiger partial charge in [-0.2, -0.15) is 0 Å². The Morgan fingerprint density at radius 1 is 1.21 bits per heavy atom. The molecule has 3 amide bonds. The molecule has 0 radical (unpaired) electrons. The number of benzene rings is 1. The van der Waals surface area contributed by atoms with Crippen LogP contribution in [0, 0.1) is 11.8 Å². The van der Waals surface area contributed by atoms with Gasteiger partial charge in [0.1, 0.15) is 5.54 Å². The van der Waals surface area contributed by atoms with Gasteiger partial charge in [0.2, 0.25) is 0 Å². The number of likely N-dealkylation sites (tertiary alicyclic amines) is 1. The highest BCUT2D eigenvalue weighted by atomic mass is 32.1. The Bertz CT molecular complexity index is 1000. The summed E-state index contributed by atoms with van der Waals surface area (Å²) < 4.78 is 5.23. The maximum atomic E-state index is 13.7. The van der Waals surface area contributed by atoms with Crippen LogP contribution < -0.4 is 10.1 Å². The van der Waals surface area contributed by atoms with Crippen molar-refractivity contribution in [3.63, 3.8) is 0 Å². The van der Waals surface area contributed by atoms with Gasteiger partial charge in [-0.1, -0.05) is 32.0 Å². The van der Waals surface area contributed by atoms with Gasteiger partial charge < -0.3 is 15.2 Å². The number of hydrogen-bond acceptors (Lipinski definition) is 6. The minimum Gasteiger partial charge on any atom is -0.504 e. The number of para-hydroxylation sites is 1. The molecule has 2 fully saturated rings. The fraction of sp³-hybridized carbons (Fsp3) is 0.538. The normalized spacial score (nSPS) is 21.9. The number of ether oxygens (including phenoxy) is 1. The van der Waals surface area contributed by atoms with Crippen LogP contribution in [-0.2, 0) is 17.8 Å². The van der Waals surface area contributed by atoms with E-state index in [0.29, 0.717) is 31.7 Å². The van der Waals surface area contributed by atoms with Gasteiger partial charge in [0, 0.05) is 23.5 Å². The number of amides is 3. The Kier molecular flexibility index (Phi) is 7.48. The quantitative estimate of drug-likeness (QED) is 0.519. The molecule has 0 saturated carbocycles. The summed E-state index contributed by atoms with van der Waals surface area (Å²) in [5.74, 6) is 0.973. The van der Waals surface area contributed by atoms with Crippen molar-refractivity contribution in [2.24, 2.45) is 11.8 Å². The molecule has 184 valence electrons. The van der Waals surface area contributed by atoms with E-state index in [9.17, 15) is 14.7 Å². The van der Waals surface area contributed by atoms with E-state index in [2.05, 4.69) is 24.1 Å². The van der Waals surface area contributed by atoms with Gasteiger partial charge in [-0.15, -0.1) is 11.3 Å². The Morgan fingerprint density at radius 2 is 1.97 bits per heavy atom. The van der Waals surface area contributed by atoms with Crippen LogP contribution in [0.2, 0.25) is 0 Å². The van der Waals surface area contributed by atoms with Gasteiger partial charge in [-0.3, -0.25) is 14.6 Å². The van der Waals surface area contributed by atoms with Crippen LogP contribution in [0.3, 0.4) is 0 Å². The lowest BCUT2D eigenvalue weighted by Crippen LogP contribution is -2.56. The smallest absolute Gasteiger partial charge is 0.325 e. The van der Waals surface area contributed by atoms with Crippen LogP contribution in [0.15, 0.2) is 35.7 Å². The van der Waals surface area contributed by atoms with Crippen molar-refractivity contribution >= 4 is 23.3 Å². The fourth-order valence-corrected chi connectivity index (χ4v) is 6.13. The lowest BCUT2D eigenvalue weighted by Gasteiger charge is -2.41. The van der Waals surface area contributed by atoms with Crippen molar-refractivity contribution in [3.8, 4) is 11.5 Å². The fourth-order valence-electron chi connectivity index (χ4n) is 5.44. The molecule has 0 bridgehead atoms. The Balaban J connectivity index is 1.44. The topological polar surface area (TPSA) is 82.1 Å². The number of aromatic hydroxyl groups is 1. The number of urea groups is 1. The second-order valence-corrected chi connectivity index (χ2v) is 10.8. The van der Waals surface area contributed by atoms with E-state index < -0.39 is 5.54 Å². The van der Waals surface area contributed by atoms with Gasteiger partial charge in [0.25, 0.3) is 5.91 Å². The van der Waals surface area contributed by atoms with Crippen LogP contribution in [-0.4, -0.2) is 59.1 Å². The molecule has 2 aliphatic heterocycles.